The van der Waals surface area contributed by atoms with E-state index >= 15 is 0 Å². The number of nitrogens with zero attached hydrogens (tertiary/aromatic N) is 1. The van der Waals surface area contributed by atoms with Crippen molar-refractivity contribution in [2.75, 3.05) is 19.5 Å². The van der Waals surface area contributed by atoms with E-state index in [0.29, 0.717) is 6.54 Å². The molecule has 0 bridgehead atoms. The predicted molar refractivity (Wildman–Crippen MR) is 93.4 cm³/mol. The number of ether oxygens (including phenoxy) is 2. The van der Waals surface area contributed by atoms with Crippen LogP contribution in [-0.2, 0) is 6.54 Å². The van der Waals surface area contributed by atoms with E-state index in [1.807, 2.05) is 36.4 Å². The fourth-order valence-corrected chi connectivity index (χ4v) is 2.72. The minimum atomic E-state index is 0.616. The van der Waals surface area contributed by atoms with Gasteiger partial charge in [-0.15, -0.1) is 0 Å². The number of anilines is 1. The maximum absolute atomic E-state index is 5.46. The molecule has 23 heavy (non-hydrogen) atoms. The van der Waals surface area contributed by atoms with Crippen LogP contribution in [0.4, 0.5) is 5.82 Å². The lowest BCUT2D eigenvalue weighted by molar-refractivity contribution is 0.352. The summed E-state index contributed by atoms with van der Waals surface area (Å²) in [6.45, 7) is 2.71. The molecule has 0 atom stereocenters. The number of methoxy groups -OCH3 is 2. The van der Waals surface area contributed by atoms with Crippen LogP contribution in [0.3, 0.4) is 0 Å². The van der Waals surface area contributed by atoms with Gasteiger partial charge in [0.1, 0.15) is 5.82 Å². The van der Waals surface area contributed by atoms with Crippen molar-refractivity contribution in [2.24, 2.45) is 0 Å². The minimum absolute atomic E-state index is 0.616. The monoisotopic (exact) mass is 308 g/mol. The second-order valence-electron chi connectivity index (χ2n) is 5.35. The highest BCUT2D eigenvalue weighted by atomic mass is 16.5. The summed E-state index contributed by atoms with van der Waals surface area (Å²) >= 11 is 0. The summed E-state index contributed by atoms with van der Waals surface area (Å²) in [6, 6.07) is 16.1. The molecule has 0 radical (unpaired) electrons. The quantitative estimate of drug-likeness (QED) is 0.768. The highest BCUT2D eigenvalue weighted by molar-refractivity contribution is 5.83. The van der Waals surface area contributed by atoms with Crippen LogP contribution in [0.2, 0.25) is 0 Å². The molecule has 0 fully saturated rings. The SMILES string of the molecule is COc1cccc(CNc2cc(C)c3ccccc3n2)c1OC. The third-order valence-corrected chi connectivity index (χ3v) is 3.87. The molecule has 4 heteroatoms. The van der Waals surface area contributed by atoms with Gasteiger partial charge >= 0.3 is 0 Å². The van der Waals surface area contributed by atoms with Crippen molar-refractivity contribution < 1.29 is 9.47 Å². The van der Waals surface area contributed by atoms with Crippen molar-refractivity contribution >= 4 is 16.7 Å². The summed E-state index contributed by atoms with van der Waals surface area (Å²) in [5, 5.41) is 4.55. The normalized spacial score (nSPS) is 10.6. The van der Waals surface area contributed by atoms with Crippen LogP contribution in [0.1, 0.15) is 11.1 Å². The smallest absolute Gasteiger partial charge is 0.165 e. The van der Waals surface area contributed by atoms with Gasteiger partial charge in [0.05, 0.1) is 19.7 Å². The summed E-state index contributed by atoms with van der Waals surface area (Å²) in [5.74, 6) is 2.33. The summed E-state index contributed by atoms with van der Waals surface area (Å²) in [7, 11) is 3.29. The molecule has 0 saturated heterocycles. The van der Waals surface area contributed by atoms with Gasteiger partial charge in [-0.3, -0.25) is 0 Å². The van der Waals surface area contributed by atoms with Gasteiger partial charge in [0, 0.05) is 17.5 Å². The predicted octanol–water partition coefficient (Wildman–Crippen LogP) is 4.17. The summed E-state index contributed by atoms with van der Waals surface area (Å²) in [4.78, 5) is 4.67. The summed E-state index contributed by atoms with van der Waals surface area (Å²) in [6.07, 6.45) is 0. The molecule has 0 aliphatic heterocycles. The molecule has 0 spiro atoms. The zero-order valence-electron chi connectivity index (χ0n) is 13.6. The first-order valence-corrected chi connectivity index (χ1v) is 7.53. The van der Waals surface area contributed by atoms with Crippen molar-refractivity contribution in [3.8, 4) is 11.5 Å². The van der Waals surface area contributed by atoms with Crippen molar-refractivity contribution in [1.82, 2.24) is 4.98 Å². The maximum atomic E-state index is 5.46. The van der Waals surface area contributed by atoms with Crippen LogP contribution < -0.4 is 14.8 Å². The Kier molecular flexibility index (Phi) is 4.33. The van der Waals surface area contributed by atoms with Gasteiger partial charge in [-0.1, -0.05) is 30.3 Å². The van der Waals surface area contributed by atoms with Gasteiger partial charge in [0.2, 0.25) is 0 Å². The van der Waals surface area contributed by atoms with Gasteiger partial charge < -0.3 is 14.8 Å². The summed E-state index contributed by atoms with van der Waals surface area (Å²) in [5.41, 5.74) is 3.22. The van der Waals surface area contributed by atoms with E-state index in [1.54, 1.807) is 14.2 Å². The van der Waals surface area contributed by atoms with Crippen LogP contribution in [0.15, 0.2) is 48.5 Å². The second-order valence-corrected chi connectivity index (χ2v) is 5.35. The molecule has 3 rings (SSSR count). The van der Waals surface area contributed by atoms with E-state index in [0.717, 1.165) is 28.4 Å². The number of rotatable bonds is 5. The number of hydrogen-bond acceptors (Lipinski definition) is 4. The van der Waals surface area contributed by atoms with Crippen molar-refractivity contribution in [3.05, 3.63) is 59.7 Å². The van der Waals surface area contributed by atoms with Crippen molar-refractivity contribution in [3.63, 3.8) is 0 Å². The number of para-hydroxylation sites is 2. The number of aryl methyl sites for hydroxylation is 1. The molecule has 2 aromatic carbocycles. The van der Waals surface area contributed by atoms with E-state index in [-0.39, 0.29) is 0 Å². The second kappa shape index (κ2) is 6.57. The fourth-order valence-electron chi connectivity index (χ4n) is 2.72. The lowest BCUT2D eigenvalue weighted by Gasteiger charge is -2.14. The third-order valence-electron chi connectivity index (χ3n) is 3.87. The molecule has 0 saturated carbocycles. The topological polar surface area (TPSA) is 43.4 Å². The minimum Gasteiger partial charge on any atom is -0.493 e. The lowest BCUT2D eigenvalue weighted by Crippen LogP contribution is -2.04. The Balaban J connectivity index is 1.86. The molecule has 0 aliphatic rings. The zero-order chi connectivity index (χ0) is 16.2. The molecule has 4 nitrogen and oxygen atoms in total. The first kappa shape index (κ1) is 15.2. The van der Waals surface area contributed by atoms with Crippen LogP contribution in [0.25, 0.3) is 10.9 Å². The Morgan fingerprint density at radius 1 is 1.00 bits per heavy atom. The molecule has 1 N–H and O–H groups in total. The third kappa shape index (κ3) is 3.06. The van der Waals surface area contributed by atoms with Gasteiger partial charge in [-0.2, -0.15) is 0 Å². The average Bonchev–Trinajstić information content (AvgIpc) is 2.59. The molecular formula is C19H20N2O2. The average molecular weight is 308 g/mol. The zero-order valence-corrected chi connectivity index (χ0v) is 13.6. The number of hydrogen-bond donors (Lipinski definition) is 1. The molecule has 1 aromatic heterocycles. The van der Waals surface area contributed by atoms with E-state index in [4.69, 9.17) is 9.47 Å². The van der Waals surface area contributed by atoms with Crippen molar-refractivity contribution in [2.45, 2.75) is 13.5 Å². The Morgan fingerprint density at radius 2 is 1.83 bits per heavy atom. The van der Waals surface area contributed by atoms with Crippen LogP contribution in [0, 0.1) is 6.92 Å². The largest absolute Gasteiger partial charge is 0.493 e. The highest BCUT2D eigenvalue weighted by Gasteiger charge is 2.09. The van der Waals surface area contributed by atoms with E-state index in [9.17, 15) is 0 Å². The number of benzene rings is 2. The highest BCUT2D eigenvalue weighted by Crippen LogP contribution is 2.31. The maximum Gasteiger partial charge on any atom is 0.165 e. The van der Waals surface area contributed by atoms with E-state index in [1.165, 1.54) is 10.9 Å². The first-order chi connectivity index (χ1) is 11.2. The number of nitrogens with one attached hydrogen (secondary N) is 1. The number of pyridine rings is 1. The fraction of sp³-hybridized carbons (Fsp3) is 0.211. The van der Waals surface area contributed by atoms with Gasteiger partial charge in [-0.25, -0.2) is 4.98 Å². The Bertz CT molecular complexity index is 831. The molecule has 1 heterocycles. The number of fused-ring (bicyclic) bond motifs is 1. The van der Waals surface area contributed by atoms with Gasteiger partial charge in [-0.05, 0) is 30.7 Å². The van der Waals surface area contributed by atoms with E-state index < -0.39 is 0 Å². The molecule has 0 unspecified atom stereocenters. The Hall–Kier alpha value is -2.75. The molecule has 118 valence electrons. The van der Waals surface area contributed by atoms with Crippen molar-refractivity contribution in [1.29, 1.82) is 0 Å². The van der Waals surface area contributed by atoms with Gasteiger partial charge in [0.15, 0.2) is 11.5 Å². The molecule has 0 amide bonds. The number of aromatic nitrogens is 1. The van der Waals surface area contributed by atoms with Crippen LogP contribution in [0.5, 0.6) is 11.5 Å². The van der Waals surface area contributed by atoms with Crippen LogP contribution >= 0.6 is 0 Å². The van der Waals surface area contributed by atoms with Crippen LogP contribution in [-0.4, -0.2) is 19.2 Å². The van der Waals surface area contributed by atoms with Gasteiger partial charge in [0.25, 0.3) is 0 Å². The summed E-state index contributed by atoms with van der Waals surface area (Å²) < 4.78 is 10.8. The molecular weight excluding hydrogens is 288 g/mol. The Morgan fingerprint density at radius 3 is 2.61 bits per heavy atom. The standard InChI is InChI=1S/C19H20N2O2/c1-13-11-18(21-16-9-5-4-8-15(13)16)20-12-14-7-6-10-17(22-2)19(14)23-3/h4-11H,12H2,1-3H3,(H,20,21). The first-order valence-electron chi connectivity index (χ1n) is 7.53. The van der Waals surface area contributed by atoms with E-state index in [2.05, 4.69) is 29.4 Å². The Labute approximate surface area is 136 Å². The molecule has 3 aromatic rings. The lowest BCUT2D eigenvalue weighted by atomic mass is 10.1. The molecule has 0 aliphatic carbocycles.